The fraction of sp³-hybridized carbons (Fsp3) is 0.364. The first kappa shape index (κ1) is 11.4. The van der Waals surface area contributed by atoms with E-state index in [4.69, 9.17) is 9.84 Å². The van der Waals surface area contributed by atoms with Crippen molar-refractivity contribution in [2.75, 3.05) is 13.1 Å². The molecule has 4 nitrogen and oxygen atoms in total. The summed E-state index contributed by atoms with van der Waals surface area (Å²) in [5, 5.41) is 8.63. The minimum absolute atomic E-state index is 0.0414. The van der Waals surface area contributed by atoms with E-state index in [1.54, 1.807) is 0 Å². The predicted octanol–water partition coefficient (Wildman–Crippen LogP) is 2.33. The van der Waals surface area contributed by atoms with Gasteiger partial charge in [0.25, 0.3) is 0 Å². The average molecular weight is 286 g/mol. The van der Waals surface area contributed by atoms with Gasteiger partial charge < -0.3 is 14.7 Å². The second kappa shape index (κ2) is 4.84. The fourth-order valence-electron chi connectivity index (χ4n) is 1.49. The van der Waals surface area contributed by atoms with E-state index in [1.165, 1.54) is 4.90 Å². The zero-order valence-corrected chi connectivity index (χ0v) is 10.2. The summed E-state index contributed by atoms with van der Waals surface area (Å²) in [7, 11) is 0. The number of benzene rings is 1. The Hall–Kier alpha value is -1.07. The number of hydrogen-bond acceptors (Lipinski definition) is 2. The van der Waals surface area contributed by atoms with Gasteiger partial charge in [-0.2, -0.15) is 0 Å². The van der Waals surface area contributed by atoms with Gasteiger partial charge in [-0.25, -0.2) is 4.79 Å². The molecule has 0 aliphatic carbocycles. The molecule has 1 aromatic carbocycles. The molecular weight excluding hydrogens is 274 g/mol. The van der Waals surface area contributed by atoms with Crippen LogP contribution in [0.2, 0.25) is 0 Å². The molecule has 5 heteroatoms. The van der Waals surface area contributed by atoms with Crippen molar-refractivity contribution in [3.05, 3.63) is 34.3 Å². The zero-order valence-electron chi connectivity index (χ0n) is 8.60. The van der Waals surface area contributed by atoms with Gasteiger partial charge in [-0.05, 0) is 17.7 Å². The third-order valence-corrected chi connectivity index (χ3v) is 3.05. The first-order valence-corrected chi connectivity index (χ1v) is 5.78. The van der Waals surface area contributed by atoms with Gasteiger partial charge in [-0.1, -0.05) is 28.1 Å². The monoisotopic (exact) mass is 285 g/mol. The van der Waals surface area contributed by atoms with Crippen LogP contribution in [0.3, 0.4) is 0 Å². The van der Waals surface area contributed by atoms with Crippen LogP contribution in [-0.4, -0.2) is 35.3 Å². The summed E-state index contributed by atoms with van der Waals surface area (Å²) in [6.07, 6.45) is -0.830. The highest BCUT2D eigenvalue weighted by atomic mass is 79.9. The molecule has 1 aromatic rings. The second-order valence-corrected chi connectivity index (χ2v) is 4.66. The molecule has 0 radical (unpaired) electrons. The number of amides is 1. The molecule has 0 aromatic heterocycles. The summed E-state index contributed by atoms with van der Waals surface area (Å²) in [6, 6.07) is 7.89. The quantitative estimate of drug-likeness (QED) is 0.927. The first-order valence-electron chi connectivity index (χ1n) is 4.99. The zero-order chi connectivity index (χ0) is 11.5. The summed E-state index contributed by atoms with van der Waals surface area (Å²) in [5.41, 5.74) is 1.09. The molecule has 1 aliphatic heterocycles. The second-order valence-electron chi connectivity index (χ2n) is 3.75. The van der Waals surface area contributed by atoms with Crippen LogP contribution < -0.4 is 0 Å². The number of nitrogens with zero attached hydrogens (tertiary/aromatic N) is 1. The largest absolute Gasteiger partial charge is 0.465 e. The minimum Gasteiger partial charge on any atom is -0.465 e. The summed E-state index contributed by atoms with van der Waals surface area (Å²) in [4.78, 5) is 11.8. The Bertz CT molecular complexity index is 373. The first-order chi connectivity index (χ1) is 7.65. The topological polar surface area (TPSA) is 49.8 Å². The Morgan fingerprint density at radius 1 is 1.44 bits per heavy atom. The molecule has 0 bridgehead atoms. The van der Waals surface area contributed by atoms with E-state index in [2.05, 4.69) is 15.9 Å². The Balaban J connectivity index is 1.73. The minimum atomic E-state index is -0.872. The number of carboxylic acid groups (broad SMARTS) is 1. The number of halogens is 1. The molecule has 0 spiro atoms. The van der Waals surface area contributed by atoms with E-state index < -0.39 is 6.09 Å². The molecule has 0 atom stereocenters. The van der Waals surface area contributed by atoms with Crippen LogP contribution in [0.5, 0.6) is 0 Å². The van der Waals surface area contributed by atoms with Gasteiger partial charge in [-0.3, -0.25) is 0 Å². The maximum Gasteiger partial charge on any atom is 0.407 e. The fourth-order valence-corrected chi connectivity index (χ4v) is 1.76. The average Bonchev–Trinajstić information content (AvgIpc) is 2.18. The van der Waals surface area contributed by atoms with Gasteiger partial charge in [0.2, 0.25) is 0 Å². The molecule has 1 heterocycles. The van der Waals surface area contributed by atoms with Crippen molar-refractivity contribution in [1.82, 2.24) is 4.90 Å². The molecule has 86 valence electrons. The summed E-state index contributed by atoms with van der Waals surface area (Å²) in [6.45, 7) is 1.49. The van der Waals surface area contributed by atoms with Crippen LogP contribution >= 0.6 is 15.9 Å². The normalized spacial score (nSPS) is 15.9. The lowest BCUT2D eigenvalue weighted by molar-refractivity contribution is -0.0522. The van der Waals surface area contributed by atoms with Gasteiger partial charge in [0.05, 0.1) is 25.8 Å². The van der Waals surface area contributed by atoms with Gasteiger partial charge in [0.1, 0.15) is 0 Å². The van der Waals surface area contributed by atoms with Crippen LogP contribution in [0.15, 0.2) is 28.7 Å². The van der Waals surface area contributed by atoms with Crippen LogP contribution in [0, 0.1) is 0 Å². The van der Waals surface area contributed by atoms with Crippen molar-refractivity contribution in [2.45, 2.75) is 12.7 Å². The van der Waals surface area contributed by atoms with Crippen molar-refractivity contribution in [2.24, 2.45) is 0 Å². The molecule has 0 unspecified atom stereocenters. The Morgan fingerprint density at radius 3 is 2.62 bits per heavy atom. The Morgan fingerprint density at radius 2 is 2.06 bits per heavy atom. The third-order valence-electron chi connectivity index (χ3n) is 2.52. The van der Waals surface area contributed by atoms with E-state index in [1.807, 2.05) is 24.3 Å². The Labute approximate surface area is 102 Å². The van der Waals surface area contributed by atoms with Crippen molar-refractivity contribution in [3.8, 4) is 0 Å². The van der Waals surface area contributed by atoms with Gasteiger partial charge in [0.15, 0.2) is 0 Å². The number of carbonyl (C=O) groups is 1. The summed E-state index contributed by atoms with van der Waals surface area (Å²) in [5.74, 6) is 0. The lowest BCUT2D eigenvalue weighted by Crippen LogP contribution is -2.54. The highest BCUT2D eigenvalue weighted by molar-refractivity contribution is 9.10. The van der Waals surface area contributed by atoms with E-state index >= 15 is 0 Å². The molecule has 1 aliphatic rings. The van der Waals surface area contributed by atoms with Gasteiger partial charge in [0, 0.05) is 4.47 Å². The molecule has 2 rings (SSSR count). The highest BCUT2D eigenvalue weighted by Crippen LogP contribution is 2.15. The summed E-state index contributed by atoms with van der Waals surface area (Å²) < 4.78 is 6.60. The van der Waals surface area contributed by atoms with Crippen molar-refractivity contribution in [3.63, 3.8) is 0 Å². The number of hydrogen-bond donors (Lipinski definition) is 1. The third kappa shape index (κ3) is 2.74. The van der Waals surface area contributed by atoms with Crippen LogP contribution in [-0.2, 0) is 11.3 Å². The van der Waals surface area contributed by atoms with E-state index in [0.717, 1.165) is 10.0 Å². The molecule has 1 fully saturated rings. The SMILES string of the molecule is O=C(O)N1CC(OCc2ccc(Br)cc2)C1. The molecule has 0 saturated carbocycles. The molecule has 1 N–H and O–H groups in total. The predicted molar refractivity (Wildman–Crippen MR) is 62.3 cm³/mol. The molecule has 1 saturated heterocycles. The van der Waals surface area contributed by atoms with Crippen LogP contribution in [0.4, 0.5) is 4.79 Å². The number of rotatable bonds is 3. The van der Waals surface area contributed by atoms with Gasteiger partial charge in [-0.15, -0.1) is 0 Å². The van der Waals surface area contributed by atoms with E-state index in [-0.39, 0.29) is 6.10 Å². The molecular formula is C11H12BrNO3. The van der Waals surface area contributed by atoms with Gasteiger partial charge >= 0.3 is 6.09 Å². The smallest absolute Gasteiger partial charge is 0.407 e. The van der Waals surface area contributed by atoms with Crippen LogP contribution in [0.25, 0.3) is 0 Å². The molecule has 16 heavy (non-hydrogen) atoms. The standard InChI is InChI=1S/C11H12BrNO3/c12-9-3-1-8(2-4-9)7-16-10-5-13(6-10)11(14)15/h1-4,10H,5-7H2,(H,14,15). The lowest BCUT2D eigenvalue weighted by atomic mass is 10.2. The maximum absolute atomic E-state index is 10.5. The van der Waals surface area contributed by atoms with E-state index in [0.29, 0.717) is 19.7 Å². The van der Waals surface area contributed by atoms with E-state index in [9.17, 15) is 4.79 Å². The Kier molecular flexibility index (Phi) is 3.46. The highest BCUT2D eigenvalue weighted by Gasteiger charge is 2.30. The van der Waals surface area contributed by atoms with Crippen molar-refractivity contribution in [1.29, 1.82) is 0 Å². The summed E-state index contributed by atoms with van der Waals surface area (Å²) >= 11 is 3.36. The lowest BCUT2D eigenvalue weighted by Gasteiger charge is -2.36. The van der Waals surface area contributed by atoms with Crippen LogP contribution in [0.1, 0.15) is 5.56 Å². The van der Waals surface area contributed by atoms with Crippen molar-refractivity contribution < 1.29 is 14.6 Å². The number of ether oxygens (including phenoxy) is 1. The van der Waals surface area contributed by atoms with Crippen molar-refractivity contribution >= 4 is 22.0 Å². The molecule has 1 amide bonds. The maximum atomic E-state index is 10.5. The number of likely N-dealkylation sites (tertiary alicyclic amines) is 1.